The van der Waals surface area contributed by atoms with E-state index in [2.05, 4.69) is 12.2 Å². The minimum absolute atomic E-state index is 0.242. The SMILES string of the molecule is CCC(=O)N(CCOC)C[C@@H]1CC=CCC1. The first-order valence-electron chi connectivity index (χ1n) is 6.19. The molecule has 16 heavy (non-hydrogen) atoms. The van der Waals surface area contributed by atoms with E-state index in [9.17, 15) is 4.79 Å². The van der Waals surface area contributed by atoms with Crippen LogP contribution in [0.3, 0.4) is 0 Å². The van der Waals surface area contributed by atoms with E-state index in [1.165, 1.54) is 6.42 Å². The Kier molecular flexibility index (Phi) is 6.16. The first-order valence-corrected chi connectivity index (χ1v) is 6.19. The van der Waals surface area contributed by atoms with Crippen LogP contribution >= 0.6 is 0 Å². The van der Waals surface area contributed by atoms with Crippen LogP contribution in [0.2, 0.25) is 0 Å². The number of carbonyl (C=O) groups is 1. The molecule has 1 atom stereocenters. The molecule has 0 fully saturated rings. The molecule has 0 N–H and O–H groups in total. The summed E-state index contributed by atoms with van der Waals surface area (Å²) < 4.78 is 5.05. The van der Waals surface area contributed by atoms with Gasteiger partial charge in [0, 0.05) is 26.6 Å². The van der Waals surface area contributed by atoms with Gasteiger partial charge in [0.05, 0.1) is 6.61 Å². The van der Waals surface area contributed by atoms with Gasteiger partial charge in [0.15, 0.2) is 0 Å². The molecule has 3 heteroatoms. The highest BCUT2D eigenvalue weighted by molar-refractivity contribution is 5.75. The molecule has 0 unspecified atom stereocenters. The highest BCUT2D eigenvalue weighted by Crippen LogP contribution is 2.19. The number of allylic oxidation sites excluding steroid dienone is 2. The zero-order chi connectivity index (χ0) is 11.8. The largest absolute Gasteiger partial charge is 0.383 e. The Labute approximate surface area is 98.5 Å². The van der Waals surface area contributed by atoms with Crippen LogP contribution in [-0.4, -0.2) is 37.6 Å². The summed E-state index contributed by atoms with van der Waals surface area (Å²) in [5, 5.41) is 0. The van der Waals surface area contributed by atoms with Crippen LogP contribution in [-0.2, 0) is 9.53 Å². The average Bonchev–Trinajstić information content (AvgIpc) is 2.34. The predicted octanol–water partition coefficient (Wildman–Crippen LogP) is 2.23. The molecule has 0 saturated carbocycles. The van der Waals surface area contributed by atoms with Gasteiger partial charge >= 0.3 is 0 Å². The average molecular weight is 225 g/mol. The molecule has 0 aliphatic heterocycles. The number of hydrogen-bond donors (Lipinski definition) is 0. The minimum atomic E-state index is 0.242. The van der Waals surface area contributed by atoms with Gasteiger partial charge in [-0.3, -0.25) is 4.79 Å². The van der Waals surface area contributed by atoms with Gasteiger partial charge in [-0.1, -0.05) is 19.1 Å². The molecule has 0 heterocycles. The molecule has 0 saturated heterocycles. The molecule has 0 radical (unpaired) electrons. The molecular weight excluding hydrogens is 202 g/mol. The summed E-state index contributed by atoms with van der Waals surface area (Å²) in [4.78, 5) is 13.7. The lowest BCUT2D eigenvalue weighted by Crippen LogP contribution is -2.37. The second kappa shape index (κ2) is 7.44. The predicted molar refractivity (Wildman–Crippen MR) is 65.2 cm³/mol. The monoisotopic (exact) mass is 225 g/mol. The molecule has 0 bridgehead atoms. The maximum Gasteiger partial charge on any atom is 0.222 e. The lowest BCUT2D eigenvalue weighted by Gasteiger charge is -2.28. The summed E-state index contributed by atoms with van der Waals surface area (Å²) in [5.41, 5.74) is 0. The van der Waals surface area contributed by atoms with Gasteiger partial charge in [-0.2, -0.15) is 0 Å². The molecule has 1 rings (SSSR count). The third-order valence-electron chi connectivity index (χ3n) is 3.08. The number of ether oxygens (including phenoxy) is 1. The van der Waals surface area contributed by atoms with Crippen molar-refractivity contribution in [2.75, 3.05) is 26.8 Å². The topological polar surface area (TPSA) is 29.5 Å². The third kappa shape index (κ3) is 4.35. The summed E-state index contributed by atoms with van der Waals surface area (Å²) in [6, 6.07) is 0. The summed E-state index contributed by atoms with van der Waals surface area (Å²) in [6.07, 6.45) is 8.53. The Morgan fingerprint density at radius 2 is 2.31 bits per heavy atom. The van der Waals surface area contributed by atoms with Gasteiger partial charge in [-0.25, -0.2) is 0 Å². The van der Waals surface area contributed by atoms with Gasteiger partial charge in [0.25, 0.3) is 0 Å². The maximum atomic E-state index is 11.7. The van der Waals surface area contributed by atoms with Crippen LogP contribution in [0.25, 0.3) is 0 Å². The van der Waals surface area contributed by atoms with Crippen LogP contribution in [0.4, 0.5) is 0 Å². The fraction of sp³-hybridized carbons (Fsp3) is 0.769. The van der Waals surface area contributed by atoms with E-state index in [-0.39, 0.29) is 5.91 Å². The van der Waals surface area contributed by atoms with E-state index >= 15 is 0 Å². The zero-order valence-corrected chi connectivity index (χ0v) is 10.4. The Bertz CT molecular complexity index is 238. The van der Waals surface area contributed by atoms with Crippen molar-refractivity contribution >= 4 is 5.91 Å². The van der Waals surface area contributed by atoms with E-state index < -0.39 is 0 Å². The van der Waals surface area contributed by atoms with E-state index in [0.717, 1.165) is 25.9 Å². The fourth-order valence-electron chi connectivity index (χ4n) is 2.08. The third-order valence-corrected chi connectivity index (χ3v) is 3.08. The Balaban J connectivity index is 2.41. The van der Waals surface area contributed by atoms with Gasteiger partial charge < -0.3 is 9.64 Å². The Morgan fingerprint density at radius 3 is 2.88 bits per heavy atom. The highest BCUT2D eigenvalue weighted by atomic mass is 16.5. The lowest BCUT2D eigenvalue weighted by molar-refractivity contribution is -0.132. The molecule has 1 aliphatic rings. The highest BCUT2D eigenvalue weighted by Gasteiger charge is 2.17. The van der Waals surface area contributed by atoms with Crippen LogP contribution in [0, 0.1) is 5.92 Å². The van der Waals surface area contributed by atoms with E-state index in [0.29, 0.717) is 18.9 Å². The van der Waals surface area contributed by atoms with Gasteiger partial charge in [0.1, 0.15) is 0 Å². The first-order chi connectivity index (χ1) is 7.77. The minimum Gasteiger partial charge on any atom is -0.383 e. The molecular formula is C13H23NO2. The second-order valence-corrected chi connectivity index (χ2v) is 4.34. The first kappa shape index (κ1) is 13.2. The normalized spacial score (nSPS) is 19.8. The molecule has 0 spiro atoms. The summed E-state index contributed by atoms with van der Waals surface area (Å²) in [7, 11) is 1.68. The van der Waals surface area contributed by atoms with Crippen molar-refractivity contribution in [2.24, 2.45) is 5.92 Å². The van der Waals surface area contributed by atoms with Crippen molar-refractivity contribution in [1.29, 1.82) is 0 Å². The van der Waals surface area contributed by atoms with Crippen molar-refractivity contribution in [2.45, 2.75) is 32.6 Å². The standard InChI is InChI=1S/C13H23NO2/c1-3-13(15)14(9-10-16-2)11-12-7-5-4-6-8-12/h4-5,12H,3,6-11H2,1-2H3/t12-/m1/s1. The van der Waals surface area contributed by atoms with Crippen LogP contribution in [0.1, 0.15) is 32.6 Å². The van der Waals surface area contributed by atoms with Crippen LogP contribution < -0.4 is 0 Å². The van der Waals surface area contributed by atoms with E-state index in [1.54, 1.807) is 7.11 Å². The van der Waals surface area contributed by atoms with Crippen molar-refractivity contribution in [3.8, 4) is 0 Å². The molecule has 1 amide bonds. The number of carbonyl (C=O) groups excluding carboxylic acids is 1. The maximum absolute atomic E-state index is 11.7. The van der Waals surface area contributed by atoms with Crippen molar-refractivity contribution < 1.29 is 9.53 Å². The number of rotatable bonds is 6. The van der Waals surface area contributed by atoms with Gasteiger partial charge in [0.2, 0.25) is 5.91 Å². The number of nitrogens with zero attached hydrogens (tertiary/aromatic N) is 1. The second-order valence-electron chi connectivity index (χ2n) is 4.34. The smallest absolute Gasteiger partial charge is 0.222 e. The molecule has 0 aromatic carbocycles. The van der Waals surface area contributed by atoms with Crippen molar-refractivity contribution in [1.82, 2.24) is 4.90 Å². The number of hydrogen-bond acceptors (Lipinski definition) is 2. The molecule has 0 aromatic heterocycles. The molecule has 1 aliphatic carbocycles. The Morgan fingerprint density at radius 1 is 1.50 bits per heavy atom. The van der Waals surface area contributed by atoms with Crippen LogP contribution in [0.5, 0.6) is 0 Å². The summed E-state index contributed by atoms with van der Waals surface area (Å²) in [5.74, 6) is 0.879. The van der Waals surface area contributed by atoms with Crippen molar-refractivity contribution in [3.63, 3.8) is 0 Å². The molecule has 3 nitrogen and oxygen atoms in total. The van der Waals surface area contributed by atoms with E-state index in [4.69, 9.17) is 4.74 Å². The Hall–Kier alpha value is -0.830. The number of amides is 1. The lowest BCUT2D eigenvalue weighted by atomic mass is 9.94. The summed E-state index contributed by atoms with van der Waals surface area (Å²) in [6.45, 7) is 4.17. The van der Waals surface area contributed by atoms with Crippen molar-refractivity contribution in [3.05, 3.63) is 12.2 Å². The van der Waals surface area contributed by atoms with Gasteiger partial charge in [-0.15, -0.1) is 0 Å². The fourth-order valence-corrected chi connectivity index (χ4v) is 2.08. The van der Waals surface area contributed by atoms with E-state index in [1.807, 2.05) is 11.8 Å². The van der Waals surface area contributed by atoms with Crippen LogP contribution in [0.15, 0.2) is 12.2 Å². The quantitative estimate of drug-likeness (QED) is 0.649. The van der Waals surface area contributed by atoms with Gasteiger partial charge in [-0.05, 0) is 25.2 Å². The molecule has 92 valence electrons. The zero-order valence-electron chi connectivity index (χ0n) is 10.4. The molecule has 0 aromatic rings. The number of methoxy groups -OCH3 is 1. The summed E-state index contributed by atoms with van der Waals surface area (Å²) >= 11 is 0.